The molecule has 3 heteroatoms. The highest BCUT2D eigenvalue weighted by molar-refractivity contribution is 5.96. The summed E-state index contributed by atoms with van der Waals surface area (Å²) in [5.41, 5.74) is 6.63. The number of rotatable bonds is 5. The second kappa shape index (κ2) is 6.06. The Bertz CT molecular complexity index is 307. The molecule has 3 nitrogen and oxygen atoms in total. The molecular weight excluding hydrogens is 188 g/mol. The summed E-state index contributed by atoms with van der Waals surface area (Å²) in [6.45, 7) is 4.91. The summed E-state index contributed by atoms with van der Waals surface area (Å²) < 4.78 is 0. The van der Waals surface area contributed by atoms with Gasteiger partial charge in [0.1, 0.15) is 6.61 Å². The van der Waals surface area contributed by atoms with Crippen molar-refractivity contribution in [2.45, 2.75) is 20.3 Å². The summed E-state index contributed by atoms with van der Waals surface area (Å²) in [4.78, 5) is 5.12. The molecule has 82 valence electrons. The van der Waals surface area contributed by atoms with E-state index < -0.39 is 0 Å². The first-order valence-corrected chi connectivity index (χ1v) is 5.21. The average molecular weight is 206 g/mol. The maximum atomic E-state index is 5.74. The third-order valence-corrected chi connectivity index (χ3v) is 2.02. The van der Waals surface area contributed by atoms with E-state index in [0.717, 1.165) is 12.0 Å². The standard InChI is InChI=1S/C12H18N2O/c1-10(2)8-9-15-14-12(13)11-6-4-3-5-7-11/h3-7,10H,8-9H2,1-2H3,(H2,13,14). The predicted molar refractivity (Wildman–Crippen MR) is 62.6 cm³/mol. The average Bonchev–Trinajstić information content (AvgIpc) is 2.25. The van der Waals surface area contributed by atoms with Crippen LogP contribution < -0.4 is 5.73 Å². The second-order valence-corrected chi connectivity index (χ2v) is 3.86. The van der Waals surface area contributed by atoms with E-state index in [4.69, 9.17) is 10.6 Å². The largest absolute Gasteiger partial charge is 0.394 e. The van der Waals surface area contributed by atoms with Crippen molar-refractivity contribution >= 4 is 5.84 Å². The summed E-state index contributed by atoms with van der Waals surface area (Å²) in [5, 5.41) is 3.86. The van der Waals surface area contributed by atoms with E-state index in [0.29, 0.717) is 18.4 Å². The molecule has 1 aromatic rings. The first kappa shape index (κ1) is 11.6. The highest BCUT2D eigenvalue weighted by Gasteiger charge is 1.97. The van der Waals surface area contributed by atoms with E-state index in [1.165, 1.54) is 0 Å². The van der Waals surface area contributed by atoms with Crippen LogP contribution in [0.3, 0.4) is 0 Å². The van der Waals surface area contributed by atoms with Gasteiger partial charge in [0.25, 0.3) is 0 Å². The topological polar surface area (TPSA) is 47.6 Å². The summed E-state index contributed by atoms with van der Waals surface area (Å²) in [6, 6.07) is 9.60. The Morgan fingerprint density at radius 2 is 2.00 bits per heavy atom. The normalized spacial score (nSPS) is 11.8. The van der Waals surface area contributed by atoms with Gasteiger partial charge in [-0.2, -0.15) is 0 Å². The lowest BCUT2D eigenvalue weighted by molar-refractivity contribution is 0.132. The molecule has 0 spiro atoms. The van der Waals surface area contributed by atoms with Gasteiger partial charge >= 0.3 is 0 Å². The summed E-state index contributed by atoms with van der Waals surface area (Å²) >= 11 is 0. The molecule has 0 fully saturated rings. The number of benzene rings is 1. The summed E-state index contributed by atoms with van der Waals surface area (Å²) in [6.07, 6.45) is 0.992. The van der Waals surface area contributed by atoms with Gasteiger partial charge in [0.15, 0.2) is 5.84 Å². The highest BCUT2D eigenvalue weighted by atomic mass is 16.6. The van der Waals surface area contributed by atoms with Gasteiger partial charge in [-0.25, -0.2) is 0 Å². The van der Waals surface area contributed by atoms with Gasteiger partial charge in [0.2, 0.25) is 0 Å². The zero-order valence-electron chi connectivity index (χ0n) is 9.31. The molecule has 2 N–H and O–H groups in total. The minimum absolute atomic E-state index is 0.430. The number of amidine groups is 1. The Labute approximate surface area is 90.9 Å². The van der Waals surface area contributed by atoms with E-state index in [1.54, 1.807) is 0 Å². The lowest BCUT2D eigenvalue weighted by Gasteiger charge is -2.04. The van der Waals surface area contributed by atoms with E-state index >= 15 is 0 Å². The van der Waals surface area contributed by atoms with Gasteiger partial charge in [0.05, 0.1) is 0 Å². The van der Waals surface area contributed by atoms with E-state index in [2.05, 4.69) is 19.0 Å². The second-order valence-electron chi connectivity index (χ2n) is 3.86. The molecule has 0 amide bonds. The van der Waals surface area contributed by atoms with Gasteiger partial charge in [-0.3, -0.25) is 0 Å². The van der Waals surface area contributed by atoms with Crippen LogP contribution in [-0.4, -0.2) is 12.4 Å². The third-order valence-electron chi connectivity index (χ3n) is 2.02. The van der Waals surface area contributed by atoms with Crippen LogP contribution in [0.25, 0.3) is 0 Å². The molecule has 0 aliphatic heterocycles. The smallest absolute Gasteiger partial charge is 0.170 e. The van der Waals surface area contributed by atoms with Crippen LogP contribution in [-0.2, 0) is 4.84 Å². The molecule has 1 aromatic carbocycles. The maximum Gasteiger partial charge on any atom is 0.170 e. The molecule has 0 aromatic heterocycles. The number of nitrogens with two attached hydrogens (primary N) is 1. The molecule has 0 unspecified atom stereocenters. The van der Waals surface area contributed by atoms with Crippen molar-refractivity contribution in [1.82, 2.24) is 0 Å². The maximum absolute atomic E-state index is 5.74. The van der Waals surface area contributed by atoms with Crippen molar-refractivity contribution in [3.05, 3.63) is 35.9 Å². The number of hydrogen-bond donors (Lipinski definition) is 1. The van der Waals surface area contributed by atoms with Crippen molar-refractivity contribution < 1.29 is 4.84 Å². The van der Waals surface area contributed by atoms with Gasteiger partial charge in [-0.1, -0.05) is 49.3 Å². The van der Waals surface area contributed by atoms with Gasteiger partial charge in [-0.15, -0.1) is 0 Å². The monoisotopic (exact) mass is 206 g/mol. The van der Waals surface area contributed by atoms with Crippen LogP contribution in [0.15, 0.2) is 35.5 Å². The Balaban J connectivity index is 2.40. The van der Waals surface area contributed by atoms with E-state index in [1.807, 2.05) is 30.3 Å². The Morgan fingerprint density at radius 1 is 1.33 bits per heavy atom. The molecule has 0 aliphatic rings. The molecular formula is C12H18N2O. The first-order chi connectivity index (χ1) is 7.20. The minimum atomic E-state index is 0.430. The van der Waals surface area contributed by atoms with Crippen molar-refractivity contribution in [3.8, 4) is 0 Å². The lowest BCUT2D eigenvalue weighted by Crippen LogP contribution is -2.13. The molecule has 15 heavy (non-hydrogen) atoms. The zero-order chi connectivity index (χ0) is 11.1. The molecule has 0 atom stereocenters. The van der Waals surface area contributed by atoms with E-state index in [-0.39, 0.29) is 0 Å². The number of hydrogen-bond acceptors (Lipinski definition) is 2. The quantitative estimate of drug-likeness (QED) is 0.348. The third kappa shape index (κ3) is 4.49. The fourth-order valence-corrected chi connectivity index (χ4v) is 1.07. The fraction of sp³-hybridized carbons (Fsp3) is 0.417. The molecule has 0 saturated heterocycles. The number of oxime groups is 1. The van der Waals surface area contributed by atoms with E-state index in [9.17, 15) is 0 Å². The van der Waals surface area contributed by atoms with Crippen LogP contribution in [0.5, 0.6) is 0 Å². The van der Waals surface area contributed by atoms with Crippen LogP contribution >= 0.6 is 0 Å². The highest BCUT2D eigenvalue weighted by Crippen LogP contribution is 2.01. The summed E-state index contributed by atoms with van der Waals surface area (Å²) in [5.74, 6) is 1.05. The predicted octanol–water partition coefficient (Wildman–Crippen LogP) is 2.37. The minimum Gasteiger partial charge on any atom is -0.394 e. The molecule has 0 aliphatic carbocycles. The lowest BCUT2D eigenvalue weighted by atomic mass is 10.1. The van der Waals surface area contributed by atoms with Crippen molar-refractivity contribution in [2.75, 3.05) is 6.61 Å². The van der Waals surface area contributed by atoms with Crippen molar-refractivity contribution in [1.29, 1.82) is 0 Å². The summed E-state index contributed by atoms with van der Waals surface area (Å²) in [7, 11) is 0. The Morgan fingerprint density at radius 3 is 2.60 bits per heavy atom. The van der Waals surface area contributed by atoms with Crippen LogP contribution in [0.1, 0.15) is 25.8 Å². The fourth-order valence-electron chi connectivity index (χ4n) is 1.07. The van der Waals surface area contributed by atoms with Crippen molar-refractivity contribution in [2.24, 2.45) is 16.8 Å². The molecule has 0 radical (unpaired) electrons. The van der Waals surface area contributed by atoms with Gasteiger partial charge < -0.3 is 10.6 Å². The van der Waals surface area contributed by atoms with Crippen LogP contribution in [0.2, 0.25) is 0 Å². The number of nitrogens with zero attached hydrogens (tertiary/aromatic N) is 1. The Hall–Kier alpha value is -1.51. The SMILES string of the molecule is CC(C)CCO/N=C(\N)c1ccccc1. The van der Waals surface area contributed by atoms with Gasteiger partial charge in [-0.05, 0) is 12.3 Å². The van der Waals surface area contributed by atoms with Crippen LogP contribution in [0, 0.1) is 5.92 Å². The first-order valence-electron chi connectivity index (χ1n) is 5.21. The molecule has 0 heterocycles. The molecule has 1 rings (SSSR count). The zero-order valence-corrected chi connectivity index (χ0v) is 9.31. The molecule has 0 saturated carbocycles. The van der Waals surface area contributed by atoms with Gasteiger partial charge in [0, 0.05) is 5.56 Å². The molecule has 0 bridgehead atoms. The van der Waals surface area contributed by atoms with Crippen molar-refractivity contribution in [3.63, 3.8) is 0 Å². The van der Waals surface area contributed by atoms with Crippen LogP contribution in [0.4, 0.5) is 0 Å². The Kier molecular flexibility index (Phi) is 4.68.